The zero-order chi connectivity index (χ0) is 20.0. The molecule has 0 atom stereocenters. The Bertz CT molecular complexity index is 982. The minimum Gasteiger partial charge on any atom is -0.378 e. The molecular formula is C20H26N6O3. The number of carbonyl (C=O) groups excluding carboxylic acids is 1. The van der Waals surface area contributed by atoms with E-state index < -0.39 is 0 Å². The van der Waals surface area contributed by atoms with Crippen LogP contribution >= 0.6 is 0 Å². The number of nitrogens with zero attached hydrogens (tertiary/aromatic N) is 4. The van der Waals surface area contributed by atoms with Crippen molar-refractivity contribution in [3.63, 3.8) is 0 Å². The van der Waals surface area contributed by atoms with Crippen LogP contribution in [0.5, 0.6) is 0 Å². The second-order valence-corrected chi connectivity index (χ2v) is 8.30. The summed E-state index contributed by atoms with van der Waals surface area (Å²) in [6.45, 7) is 5.98. The number of piperidine rings is 1. The Morgan fingerprint density at radius 1 is 1.17 bits per heavy atom. The molecule has 2 N–H and O–H groups in total. The average molecular weight is 398 g/mol. The number of fused-ring (bicyclic) bond motifs is 2. The number of morpholine rings is 1. The Balaban J connectivity index is 1.39. The minimum absolute atomic E-state index is 0.0131. The lowest BCUT2D eigenvalue weighted by molar-refractivity contribution is 0.0663. The molecule has 2 fully saturated rings. The number of aryl methyl sites for hydroxylation is 1. The van der Waals surface area contributed by atoms with Crippen LogP contribution in [0.1, 0.15) is 46.6 Å². The summed E-state index contributed by atoms with van der Waals surface area (Å²) >= 11 is 0. The van der Waals surface area contributed by atoms with Crippen molar-refractivity contribution >= 4 is 11.9 Å². The highest BCUT2D eigenvalue weighted by atomic mass is 16.5. The molecule has 2 aliphatic heterocycles. The van der Waals surface area contributed by atoms with Gasteiger partial charge in [-0.15, -0.1) is 0 Å². The van der Waals surface area contributed by atoms with Gasteiger partial charge in [0.25, 0.3) is 11.5 Å². The van der Waals surface area contributed by atoms with E-state index in [1.807, 2.05) is 11.8 Å². The van der Waals surface area contributed by atoms with Crippen LogP contribution in [0.4, 0.5) is 5.95 Å². The molecule has 2 saturated heterocycles. The normalized spacial score (nSPS) is 20.9. The summed E-state index contributed by atoms with van der Waals surface area (Å²) in [6.07, 6.45) is 4.96. The smallest absolute Gasteiger partial charge is 0.257 e. The highest BCUT2D eigenvalue weighted by molar-refractivity contribution is 5.95. The van der Waals surface area contributed by atoms with E-state index in [9.17, 15) is 9.59 Å². The molecule has 1 amide bonds. The number of hydrogen-bond acceptors (Lipinski definition) is 6. The third-order valence-corrected chi connectivity index (χ3v) is 6.74. The van der Waals surface area contributed by atoms with E-state index >= 15 is 0 Å². The molecule has 4 heterocycles. The first kappa shape index (κ1) is 18.4. The fraction of sp³-hybridized carbons (Fsp3) is 0.600. The number of anilines is 1. The van der Waals surface area contributed by atoms with Crippen molar-refractivity contribution in [3.05, 3.63) is 39.1 Å². The van der Waals surface area contributed by atoms with Crippen molar-refractivity contribution < 1.29 is 9.53 Å². The lowest BCUT2D eigenvalue weighted by atomic mass is 9.76. The van der Waals surface area contributed by atoms with E-state index in [0.29, 0.717) is 37.8 Å². The number of rotatable bonds is 2. The summed E-state index contributed by atoms with van der Waals surface area (Å²) in [4.78, 5) is 37.5. The van der Waals surface area contributed by atoms with Gasteiger partial charge in [0.15, 0.2) is 0 Å². The van der Waals surface area contributed by atoms with Crippen molar-refractivity contribution in [2.45, 2.75) is 38.0 Å². The fourth-order valence-corrected chi connectivity index (χ4v) is 4.93. The zero-order valence-electron chi connectivity index (χ0n) is 16.7. The SMILES string of the molecule is Cc1[nH]ncc1C(=O)N1CCC2(CCc3c2nc(N2CCOCC2)[nH]c3=O)CC1. The van der Waals surface area contributed by atoms with Gasteiger partial charge < -0.3 is 14.5 Å². The van der Waals surface area contributed by atoms with Crippen molar-refractivity contribution in [1.29, 1.82) is 0 Å². The number of nitrogens with one attached hydrogen (secondary N) is 2. The summed E-state index contributed by atoms with van der Waals surface area (Å²) in [5.41, 5.74) is 3.09. The summed E-state index contributed by atoms with van der Waals surface area (Å²) in [5.74, 6) is 0.683. The Kier molecular flexibility index (Phi) is 4.42. The molecule has 3 aliphatic rings. The predicted octanol–water partition coefficient (Wildman–Crippen LogP) is 0.758. The van der Waals surface area contributed by atoms with Gasteiger partial charge in [0.05, 0.1) is 30.7 Å². The first-order chi connectivity index (χ1) is 14.1. The lowest BCUT2D eigenvalue weighted by Gasteiger charge is -2.39. The van der Waals surface area contributed by atoms with E-state index in [0.717, 1.165) is 55.7 Å². The van der Waals surface area contributed by atoms with Gasteiger partial charge in [0, 0.05) is 42.9 Å². The molecule has 0 unspecified atom stereocenters. The molecule has 1 spiro atoms. The molecule has 154 valence electrons. The molecule has 0 saturated carbocycles. The van der Waals surface area contributed by atoms with Crippen LogP contribution in [0.15, 0.2) is 11.0 Å². The first-order valence-corrected chi connectivity index (χ1v) is 10.3. The predicted molar refractivity (Wildman–Crippen MR) is 106 cm³/mol. The molecule has 1 aliphatic carbocycles. The molecule has 29 heavy (non-hydrogen) atoms. The number of ether oxygens (including phenoxy) is 1. The van der Waals surface area contributed by atoms with Gasteiger partial charge in [-0.1, -0.05) is 0 Å². The molecule has 5 rings (SSSR count). The number of aromatic amines is 2. The summed E-state index contributed by atoms with van der Waals surface area (Å²) < 4.78 is 5.42. The molecule has 9 heteroatoms. The van der Waals surface area contributed by atoms with Gasteiger partial charge in [-0.2, -0.15) is 5.10 Å². The van der Waals surface area contributed by atoms with Crippen LogP contribution in [0, 0.1) is 6.92 Å². The van der Waals surface area contributed by atoms with Gasteiger partial charge in [-0.05, 0) is 32.6 Å². The summed E-state index contributed by atoms with van der Waals surface area (Å²) in [7, 11) is 0. The standard InChI is InChI=1S/C20H26N6O3/c1-13-15(12-21-24-13)18(28)25-6-4-20(5-7-25)3-2-14-16(20)22-19(23-17(14)27)26-8-10-29-11-9-26/h12H,2-11H2,1H3,(H,21,24)(H,22,23,27). The maximum absolute atomic E-state index is 12.8. The Morgan fingerprint density at radius 2 is 1.93 bits per heavy atom. The largest absolute Gasteiger partial charge is 0.378 e. The maximum atomic E-state index is 12.8. The molecule has 0 bridgehead atoms. The van der Waals surface area contributed by atoms with Crippen LogP contribution < -0.4 is 10.5 Å². The van der Waals surface area contributed by atoms with Crippen LogP contribution in [-0.2, 0) is 16.6 Å². The molecule has 2 aromatic rings. The summed E-state index contributed by atoms with van der Waals surface area (Å²) in [5, 5.41) is 6.80. The maximum Gasteiger partial charge on any atom is 0.257 e. The Hall–Kier alpha value is -2.68. The second kappa shape index (κ2) is 6.98. The monoisotopic (exact) mass is 398 g/mol. The first-order valence-electron chi connectivity index (χ1n) is 10.3. The molecule has 9 nitrogen and oxygen atoms in total. The Morgan fingerprint density at radius 3 is 2.62 bits per heavy atom. The quantitative estimate of drug-likeness (QED) is 0.773. The molecular weight excluding hydrogens is 372 g/mol. The number of amides is 1. The van der Waals surface area contributed by atoms with Gasteiger partial charge in [0.2, 0.25) is 5.95 Å². The number of likely N-dealkylation sites (tertiary alicyclic amines) is 1. The number of aromatic nitrogens is 4. The van der Waals surface area contributed by atoms with Gasteiger partial charge in [-0.25, -0.2) is 4.98 Å². The van der Waals surface area contributed by atoms with Crippen molar-refractivity contribution in [1.82, 2.24) is 25.1 Å². The van der Waals surface area contributed by atoms with Gasteiger partial charge in [-0.3, -0.25) is 19.7 Å². The Labute approximate surface area is 168 Å². The van der Waals surface area contributed by atoms with E-state index in [1.165, 1.54) is 0 Å². The van der Waals surface area contributed by atoms with E-state index in [-0.39, 0.29) is 16.9 Å². The highest BCUT2D eigenvalue weighted by Gasteiger charge is 2.45. The lowest BCUT2D eigenvalue weighted by Crippen LogP contribution is -2.45. The summed E-state index contributed by atoms with van der Waals surface area (Å²) in [6, 6.07) is 0. The van der Waals surface area contributed by atoms with Crippen LogP contribution in [0.2, 0.25) is 0 Å². The number of carbonyl (C=O) groups is 1. The average Bonchev–Trinajstić information content (AvgIpc) is 3.33. The number of hydrogen-bond donors (Lipinski definition) is 2. The van der Waals surface area contributed by atoms with Crippen LogP contribution in [0.25, 0.3) is 0 Å². The number of H-pyrrole nitrogens is 2. The second-order valence-electron chi connectivity index (χ2n) is 8.30. The van der Waals surface area contributed by atoms with Crippen molar-refractivity contribution in [2.24, 2.45) is 0 Å². The highest BCUT2D eigenvalue weighted by Crippen LogP contribution is 2.44. The van der Waals surface area contributed by atoms with E-state index in [1.54, 1.807) is 6.20 Å². The van der Waals surface area contributed by atoms with Crippen molar-refractivity contribution in [3.8, 4) is 0 Å². The van der Waals surface area contributed by atoms with E-state index in [4.69, 9.17) is 9.72 Å². The van der Waals surface area contributed by atoms with Gasteiger partial charge >= 0.3 is 0 Å². The third-order valence-electron chi connectivity index (χ3n) is 6.74. The van der Waals surface area contributed by atoms with E-state index in [2.05, 4.69) is 20.1 Å². The topological polar surface area (TPSA) is 107 Å². The third kappa shape index (κ3) is 3.04. The minimum atomic E-state index is -0.104. The zero-order valence-corrected chi connectivity index (χ0v) is 16.7. The molecule has 0 radical (unpaired) electrons. The van der Waals surface area contributed by atoms with Crippen LogP contribution in [0.3, 0.4) is 0 Å². The van der Waals surface area contributed by atoms with Gasteiger partial charge in [0.1, 0.15) is 0 Å². The molecule has 0 aromatic carbocycles. The van der Waals surface area contributed by atoms with Crippen LogP contribution in [-0.4, -0.2) is 70.4 Å². The fourth-order valence-electron chi connectivity index (χ4n) is 4.93. The van der Waals surface area contributed by atoms with Crippen molar-refractivity contribution in [2.75, 3.05) is 44.3 Å². The molecule has 2 aromatic heterocycles.